The van der Waals surface area contributed by atoms with E-state index in [0.717, 1.165) is 25.7 Å². The summed E-state index contributed by atoms with van der Waals surface area (Å²) in [6.07, 6.45) is 5.74. The monoisotopic (exact) mass is 467 g/mol. The van der Waals surface area contributed by atoms with E-state index in [2.05, 4.69) is 17.0 Å². The van der Waals surface area contributed by atoms with E-state index in [0.29, 0.717) is 37.4 Å². The van der Waals surface area contributed by atoms with E-state index in [9.17, 15) is 18.0 Å². The molecular weight excluding hydrogens is 430 g/mol. The molecule has 0 aromatic heterocycles. The lowest BCUT2D eigenvalue weighted by atomic mass is 9.97. The summed E-state index contributed by atoms with van der Waals surface area (Å²) in [5.41, 5.74) is 0.368. The second-order valence-electron chi connectivity index (χ2n) is 8.58. The van der Waals surface area contributed by atoms with Crippen LogP contribution in [0.2, 0.25) is 0 Å². The Kier molecular flexibility index (Phi) is 10.3. The average Bonchev–Trinajstić information content (AvgIpc) is 2.74. The zero-order chi connectivity index (χ0) is 23.6. The number of amides is 2. The van der Waals surface area contributed by atoms with Crippen molar-refractivity contribution in [2.75, 3.05) is 30.1 Å². The molecule has 180 valence electrons. The number of nitrogens with one attached hydrogen (secondary N) is 2. The maximum absolute atomic E-state index is 12.6. The molecule has 9 heteroatoms. The molecule has 1 aliphatic heterocycles. The van der Waals surface area contributed by atoms with Crippen molar-refractivity contribution in [3.8, 4) is 5.75 Å². The van der Waals surface area contributed by atoms with Crippen LogP contribution in [0.1, 0.15) is 59.3 Å². The Labute approximate surface area is 192 Å². The van der Waals surface area contributed by atoms with E-state index in [1.54, 1.807) is 24.3 Å². The first-order valence-corrected chi connectivity index (χ1v) is 13.2. The Morgan fingerprint density at radius 1 is 1.16 bits per heavy atom. The maximum Gasteiger partial charge on any atom is 0.241 e. The standard InChI is InChI=1S/C23H37N3O5S/c1-4-5-6-7-14-24-23(28)19-9-8-15-26(16-19)22(27)17-32(29,30)25-20-10-12-21(13-11-20)31-18(2)3/h10-13,18-19,25H,4-9,14-17H2,1-3H3,(H,24,28). The lowest BCUT2D eigenvalue weighted by molar-refractivity contribution is -0.133. The number of hydrogen-bond acceptors (Lipinski definition) is 5. The first kappa shape index (κ1) is 26.0. The van der Waals surface area contributed by atoms with Gasteiger partial charge in [-0.3, -0.25) is 14.3 Å². The van der Waals surface area contributed by atoms with Crippen LogP contribution in [0.5, 0.6) is 5.75 Å². The van der Waals surface area contributed by atoms with Gasteiger partial charge in [-0.15, -0.1) is 0 Å². The Balaban J connectivity index is 1.84. The number of carbonyl (C=O) groups is 2. The molecule has 0 aliphatic carbocycles. The third-order valence-corrected chi connectivity index (χ3v) is 6.46. The van der Waals surface area contributed by atoms with E-state index in [4.69, 9.17) is 4.74 Å². The molecule has 8 nitrogen and oxygen atoms in total. The van der Waals surface area contributed by atoms with Crippen molar-refractivity contribution in [3.63, 3.8) is 0 Å². The van der Waals surface area contributed by atoms with Crippen LogP contribution in [0.3, 0.4) is 0 Å². The first-order chi connectivity index (χ1) is 15.2. The van der Waals surface area contributed by atoms with Gasteiger partial charge in [0.25, 0.3) is 0 Å². The highest BCUT2D eigenvalue weighted by Gasteiger charge is 2.30. The van der Waals surface area contributed by atoms with Crippen LogP contribution < -0.4 is 14.8 Å². The number of carbonyl (C=O) groups excluding carboxylic acids is 2. The molecule has 0 spiro atoms. The number of nitrogens with zero attached hydrogens (tertiary/aromatic N) is 1. The molecule has 0 saturated carbocycles. The topological polar surface area (TPSA) is 105 Å². The Hall–Kier alpha value is -2.29. The second-order valence-corrected chi connectivity index (χ2v) is 10.3. The lowest BCUT2D eigenvalue weighted by Crippen LogP contribution is -2.47. The summed E-state index contributed by atoms with van der Waals surface area (Å²) in [5, 5.41) is 2.95. The smallest absolute Gasteiger partial charge is 0.241 e. The van der Waals surface area contributed by atoms with Crippen molar-refractivity contribution in [2.45, 2.75) is 65.4 Å². The van der Waals surface area contributed by atoms with Gasteiger partial charge < -0.3 is 15.0 Å². The minimum atomic E-state index is -3.86. The predicted octanol–water partition coefficient (Wildman–Crippen LogP) is 3.15. The van der Waals surface area contributed by atoms with Crippen molar-refractivity contribution in [2.24, 2.45) is 5.92 Å². The van der Waals surface area contributed by atoms with Gasteiger partial charge >= 0.3 is 0 Å². The molecule has 2 N–H and O–H groups in total. The van der Waals surface area contributed by atoms with Gasteiger partial charge in [-0.25, -0.2) is 8.42 Å². The molecule has 2 amide bonds. The molecule has 1 aliphatic rings. The molecule has 1 unspecified atom stereocenters. The van der Waals surface area contributed by atoms with Crippen LogP contribution in [0.25, 0.3) is 0 Å². The summed E-state index contributed by atoms with van der Waals surface area (Å²) < 4.78 is 33.0. The molecular formula is C23H37N3O5S. The van der Waals surface area contributed by atoms with Crippen molar-refractivity contribution in [1.29, 1.82) is 0 Å². The first-order valence-electron chi connectivity index (χ1n) is 11.5. The van der Waals surface area contributed by atoms with E-state index in [1.807, 2.05) is 13.8 Å². The van der Waals surface area contributed by atoms with Crippen LogP contribution >= 0.6 is 0 Å². The number of benzene rings is 1. The van der Waals surface area contributed by atoms with Gasteiger partial charge in [-0.2, -0.15) is 0 Å². The number of likely N-dealkylation sites (tertiary alicyclic amines) is 1. The van der Waals surface area contributed by atoms with Crippen molar-refractivity contribution >= 4 is 27.5 Å². The molecule has 0 bridgehead atoms. The fraction of sp³-hybridized carbons (Fsp3) is 0.652. The lowest BCUT2D eigenvalue weighted by Gasteiger charge is -2.32. The predicted molar refractivity (Wildman–Crippen MR) is 126 cm³/mol. The molecule has 1 saturated heterocycles. The molecule has 2 rings (SSSR count). The van der Waals surface area contributed by atoms with E-state index < -0.39 is 21.7 Å². The largest absolute Gasteiger partial charge is 0.491 e. The Morgan fingerprint density at radius 2 is 1.88 bits per heavy atom. The van der Waals surface area contributed by atoms with Gasteiger partial charge in [0.05, 0.1) is 12.0 Å². The fourth-order valence-corrected chi connectivity index (χ4v) is 4.74. The summed E-state index contributed by atoms with van der Waals surface area (Å²) >= 11 is 0. The number of piperidine rings is 1. The number of hydrogen-bond donors (Lipinski definition) is 2. The van der Waals surface area contributed by atoms with Gasteiger partial charge in [0.2, 0.25) is 21.8 Å². The molecule has 1 aromatic carbocycles. The number of ether oxygens (including phenoxy) is 1. The summed E-state index contributed by atoms with van der Waals surface area (Å²) in [6, 6.07) is 6.55. The zero-order valence-corrected chi connectivity index (χ0v) is 20.2. The van der Waals surface area contributed by atoms with Gasteiger partial charge in [-0.05, 0) is 57.4 Å². The molecule has 1 heterocycles. The summed E-state index contributed by atoms with van der Waals surface area (Å²) in [4.78, 5) is 26.6. The quantitative estimate of drug-likeness (QED) is 0.460. The SMILES string of the molecule is CCCCCCNC(=O)C1CCCN(C(=O)CS(=O)(=O)Nc2ccc(OC(C)C)cc2)C1. The highest BCUT2D eigenvalue weighted by molar-refractivity contribution is 7.93. The number of rotatable bonds is 12. The summed E-state index contributed by atoms with van der Waals surface area (Å²) in [7, 11) is -3.86. The molecule has 32 heavy (non-hydrogen) atoms. The van der Waals surface area contributed by atoms with E-state index in [-0.39, 0.29) is 24.5 Å². The van der Waals surface area contributed by atoms with Crippen molar-refractivity contribution < 1.29 is 22.7 Å². The van der Waals surface area contributed by atoms with Crippen LogP contribution in [-0.4, -0.2) is 56.6 Å². The second kappa shape index (κ2) is 12.7. The number of unbranched alkanes of at least 4 members (excludes halogenated alkanes) is 3. The van der Waals surface area contributed by atoms with Crippen LogP contribution in [0.15, 0.2) is 24.3 Å². The number of anilines is 1. The summed E-state index contributed by atoms with van der Waals surface area (Å²) in [5.74, 6) is -0.839. The molecule has 0 radical (unpaired) electrons. The molecule has 1 atom stereocenters. The third-order valence-electron chi connectivity index (χ3n) is 5.29. The normalized spacial score (nSPS) is 16.6. The van der Waals surface area contributed by atoms with Gasteiger partial charge in [0.1, 0.15) is 11.5 Å². The van der Waals surface area contributed by atoms with Gasteiger partial charge in [-0.1, -0.05) is 26.2 Å². The van der Waals surface area contributed by atoms with E-state index in [1.165, 1.54) is 4.90 Å². The van der Waals surface area contributed by atoms with Crippen LogP contribution in [0.4, 0.5) is 5.69 Å². The average molecular weight is 468 g/mol. The number of sulfonamides is 1. The molecule has 1 fully saturated rings. The van der Waals surface area contributed by atoms with Crippen molar-refractivity contribution in [1.82, 2.24) is 10.2 Å². The van der Waals surface area contributed by atoms with Crippen molar-refractivity contribution in [3.05, 3.63) is 24.3 Å². The van der Waals surface area contributed by atoms with Gasteiger partial charge in [0, 0.05) is 25.3 Å². The van der Waals surface area contributed by atoms with Gasteiger partial charge in [0.15, 0.2) is 0 Å². The zero-order valence-electron chi connectivity index (χ0n) is 19.4. The Morgan fingerprint density at radius 3 is 2.53 bits per heavy atom. The van der Waals surface area contributed by atoms with E-state index >= 15 is 0 Å². The molecule has 1 aromatic rings. The van der Waals surface area contributed by atoms with Crippen LogP contribution in [0, 0.1) is 5.92 Å². The highest BCUT2D eigenvalue weighted by atomic mass is 32.2. The fourth-order valence-electron chi connectivity index (χ4n) is 3.67. The third kappa shape index (κ3) is 9.06. The maximum atomic E-state index is 12.6. The highest BCUT2D eigenvalue weighted by Crippen LogP contribution is 2.20. The minimum Gasteiger partial charge on any atom is -0.491 e. The minimum absolute atomic E-state index is 0.0201. The van der Waals surface area contributed by atoms with Crippen LogP contribution in [-0.2, 0) is 19.6 Å². The summed E-state index contributed by atoms with van der Waals surface area (Å²) in [6.45, 7) is 7.32. The Bertz CT molecular complexity index is 840.